The lowest BCUT2D eigenvalue weighted by atomic mass is 10.1. The average molecular weight is 394 g/mol. The molecule has 0 radical (unpaired) electrons. The maximum atomic E-state index is 12.2. The van der Waals surface area contributed by atoms with Crippen molar-refractivity contribution in [2.75, 3.05) is 11.3 Å². The summed E-state index contributed by atoms with van der Waals surface area (Å²) in [6.45, 7) is 9.25. The van der Waals surface area contributed by atoms with Crippen LogP contribution in [-0.2, 0) is 17.1 Å². The molecule has 0 aromatic carbocycles. The summed E-state index contributed by atoms with van der Waals surface area (Å²) in [7, 11) is -1.92. The van der Waals surface area contributed by atoms with E-state index in [0.717, 1.165) is 0 Å². The molecule has 2 aromatic rings. The van der Waals surface area contributed by atoms with Gasteiger partial charge >= 0.3 is 6.01 Å². The second kappa shape index (κ2) is 8.08. The zero-order chi connectivity index (χ0) is 20.4. The summed E-state index contributed by atoms with van der Waals surface area (Å²) in [5.74, 6) is 0.381. The van der Waals surface area contributed by atoms with E-state index in [9.17, 15) is 13.2 Å². The summed E-state index contributed by atoms with van der Waals surface area (Å²) in [6.07, 6.45) is 1.64. The Hall–Kier alpha value is -2.42. The van der Waals surface area contributed by atoms with Gasteiger partial charge in [0.05, 0.1) is 17.6 Å². The first kappa shape index (κ1) is 20.9. The summed E-state index contributed by atoms with van der Waals surface area (Å²) in [5.41, 5.74) is 1.58. The smallest absolute Gasteiger partial charge is 0.318 e. The van der Waals surface area contributed by atoms with Crippen molar-refractivity contribution >= 4 is 15.8 Å². The van der Waals surface area contributed by atoms with Crippen LogP contribution < -0.4 is 15.0 Å². The molecule has 2 heterocycles. The Morgan fingerprint density at radius 1 is 1.19 bits per heavy atom. The van der Waals surface area contributed by atoms with Gasteiger partial charge in [0.15, 0.2) is 0 Å². The van der Waals surface area contributed by atoms with Crippen LogP contribution in [0.4, 0.5) is 5.82 Å². The van der Waals surface area contributed by atoms with E-state index in [-0.39, 0.29) is 23.3 Å². The van der Waals surface area contributed by atoms with E-state index >= 15 is 0 Å². The van der Waals surface area contributed by atoms with Gasteiger partial charge in [-0.15, -0.1) is 0 Å². The standard InChI is InChI=1S/C18H26N4O4S/c1-11(2)10-26-18-19-15(14-7-13(5)17(23)22(6)9-14)8-16(20-18)21-27(24,25)12(3)4/h7-9,11-12H,10H2,1-6H3,(H,19,20,21). The number of ether oxygens (including phenoxy) is 1. The predicted octanol–water partition coefficient (Wildman–Crippen LogP) is 2.34. The molecule has 2 aromatic heterocycles. The predicted molar refractivity (Wildman–Crippen MR) is 105 cm³/mol. The molecular formula is C18H26N4O4S. The number of hydrogen-bond acceptors (Lipinski definition) is 6. The number of aryl methyl sites for hydroxylation is 2. The van der Waals surface area contributed by atoms with Crippen molar-refractivity contribution in [3.63, 3.8) is 0 Å². The summed E-state index contributed by atoms with van der Waals surface area (Å²) < 4.78 is 34.0. The van der Waals surface area contributed by atoms with Crippen LogP contribution in [0.15, 0.2) is 23.1 Å². The van der Waals surface area contributed by atoms with Gasteiger partial charge in [0.1, 0.15) is 5.82 Å². The van der Waals surface area contributed by atoms with Gasteiger partial charge in [-0.1, -0.05) is 13.8 Å². The molecule has 27 heavy (non-hydrogen) atoms. The Morgan fingerprint density at radius 3 is 2.41 bits per heavy atom. The second-order valence-electron chi connectivity index (χ2n) is 7.15. The molecule has 0 aliphatic carbocycles. The topological polar surface area (TPSA) is 103 Å². The van der Waals surface area contributed by atoms with Crippen LogP contribution in [0.3, 0.4) is 0 Å². The third-order valence-corrected chi connectivity index (χ3v) is 5.51. The molecular weight excluding hydrogens is 368 g/mol. The number of aromatic nitrogens is 3. The fourth-order valence-corrected chi connectivity index (χ4v) is 2.84. The molecule has 0 aliphatic rings. The number of rotatable bonds is 7. The second-order valence-corrected chi connectivity index (χ2v) is 9.39. The van der Waals surface area contributed by atoms with E-state index in [1.54, 1.807) is 40.1 Å². The molecule has 0 fully saturated rings. The van der Waals surface area contributed by atoms with Gasteiger partial charge in [-0.25, -0.2) is 8.42 Å². The molecule has 148 valence electrons. The minimum atomic E-state index is -3.57. The lowest BCUT2D eigenvalue weighted by Gasteiger charge is -2.14. The lowest BCUT2D eigenvalue weighted by Crippen LogP contribution is -2.23. The SMILES string of the molecule is Cc1cc(-c2cc(NS(=O)(=O)C(C)C)nc(OCC(C)C)n2)cn(C)c1=O. The largest absolute Gasteiger partial charge is 0.463 e. The third-order valence-electron chi connectivity index (χ3n) is 3.78. The number of sulfonamides is 1. The molecule has 8 nitrogen and oxygen atoms in total. The van der Waals surface area contributed by atoms with Crippen LogP contribution in [0.25, 0.3) is 11.3 Å². The van der Waals surface area contributed by atoms with Crippen LogP contribution in [0, 0.1) is 12.8 Å². The van der Waals surface area contributed by atoms with Gasteiger partial charge in [-0.2, -0.15) is 9.97 Å². The molecule has 0 atom stereocenters. The van der Waals surface area contributed by atoms with Crippen molar-refractivity contribution in [1.82, 2.24) is 14.5 Å². The zero-order valence-corrected chi connectivity index (χ0v) is 17.3. The minimum Gasteiger partial charge on any atom is -0.463 e. The zero-order valence-electron chi connectivity index (χ0n) is 16.5. The Balaban J connectivity index is 2.54. The van der Waals surface area contributed by atoms with Gasteiger partial charge in [0.2, 0.25) is 10.0 Å². The van der Waals surface area contributed by atoms with Crippen molar-refractivity contribution in [1.29, 1.82) is 0 Å². The Morgan fingerprint density at radius 2 is 1.85 bits per heavy atom. The first-order valence-electron chi connectivity index (χ1n) is 8.70. The summed E-state index contributed by atoms with van der Waals surface area (Å²) in [4.78, 5) is 20.5. The van der Waals surface area contributed by atoms with Gasteiger partial charge < -0.3 is 9.30 Å². The molecule has 9 heteroatoms. The lowest BCUT2D eigenvalue weighted by molar-refractivity contribution is 0.251. The molecule has 2 rings (SSSR count). The minimum absolute atomic E-state index is 0.0779. The summed E-state index contributed by atoms with van der Waals surface area (Å²) in [5, 5.41) is -0.615. The van der Waals surface area contributed by atoms with Crippen molar-refractivity contribution < 1.29 is 13.2 Å². The normalized spacial score (nSPS) is 11.9. The van der Waals surface area contributed by atoms with Gasteiger partial charge in [0, 0.05) is 30.4 Å². The quantitative estimate of drug-likeness (QED) is 0.773. The molecule has 0 amide bonds. The fourth-order valence-electron chi connectivity index (χ4n) is 2.21. The van der Waals surface area contributed by atoms with Gasteiger partial charge in [-0.3, -0.25) is 9.52 Å². The highest BCUT2D eigenvalue weighted by Crippen LogP contribution is 2.23. The van der Waals surface area contributed by atoms with Crippen molar-refractivity contribution in [3.8, 4) is 17.3 Å². The highest BCUT2D eigenvalue weighted by molar-refractivity contribution is 7.93. The third kappa shape index (κ3) is 5.29. The molecule has 0 aliphatic heterocycles. The Kier molecular flexibility index (Phi) is 6.25. The van der Waals surface area contributed by atoms with Crippen molar-refractivity contribution in [3.05, 3.63) is 34.2 Å². The van der Waals surface area contributed by atoms with Crippen LogP contribution in [-0.4, -0.2) is 34.8 Å². The average Bonchev–Trinajstić information content (AvgIpc) is 2.56. The number of nitrogens with zero attached hydrogens (tertiary/aromatic N) is 3. The number of hydrogen-bond donors (Lipinski definition) is 1. The number of pyridine rings is 1. The molecule has 0 saturated heterocycles. The maximum Gasteiger partial charge on any atom is 0.318 e. The first-order valence-corrected chi connectivity index (χ1v) is 10.3. The van der Waals surface area contributed by atoms with Crippen LogP contribution >= 0.6 is 0 Å². The first-order chi connectivity index (χ1) is 12.5. The number of anilines is 1. The van der Waals surface area contributed by atoms with Crippen LogP contribution in [0.5, 0.6) is 6.01 Å². The van der Waals surface area contributed by atoms with E-state index in [1.807, 2.05) is 13.8 Å². The molecule has 1 N–H and O–H groups in total. The Labute approximate surface area is 159 Å². The highest BCUT2D eigenvalue weighted by atomic mass is 32.2. The van der Waals surface area contributed by atoms with E-state index in [0.29, 0.717) is 23.4 Å². The van der Waals surface area contributed by atoms with Gasteiger partial charge in [-0.05, 0) is 32.8 Å². The molecule has 0 bridgehead atoms. The monoisotopic (exact) mass is 394 g/mol. The highest BCUT2D eigenvalue weighted by Gasteiger charge is 2.18. The van der Waals surface area contributed by atoms with Gasteiger partial charge in [0.25, 0.3) is 5.56 Å². The molecule has 0 saturated carbocycles. The van der Waals surface area contributed by atoms with Crippen molar-refractivity contribution in [2.24, 2.45) is 13.0 Å². The van der Waals surface area contributed by atoms with E-state index in [4.69, 9.17) is 4.74 Å². The summed E-state index contributed by atoms with van der Waals surface area (Å²) in [6, 6.07) is 3.31. The number of nitrogens with one attached hydrogen (secondary N) is 1. The van der Waals surface area contributed by atoms with Crippen LogP contribution in [0.1, 0.15) is 33.3 Å². The van der Waals surface area contributed by atoms with E-state index < -0.39 is 15.3 Å². The maximum absolute atomic E-state index is 12.2. The summed E-state index contributed by atoms with van der Waals surface area (Å²) >= 11 is 0. The van der Waals surface area contributed by atoms with E-state index in [1.165, 1.54) is 10.6 Å². The van der Waals surface area contributed by atoms with Crippen molar-refractivity contribution in [2.45, 2.75) is 39.9 Å². The van der Waals surface area contributed by atoms with E-state index in [2.05, 4.69) is 14.7 Å². The van der Waals surface area contributed by atoms with Crippen LogP contribution in [0.2, 0.25) is 0 Å². The molecule has 0 unspecified atom stereocenters. The Bertz CT molecular complexity index is 955. The fraction of sp³-hybridized carbons (Fsp3) is 0.500. The molecule has 0 spiro atoms.